The number of nitrogens with two attached hydrogens (primary N) is 1. The molecule has 2 rings (SSSR count). The zero-order valence-electron chi connectivity index (χ0n) is 8.81. The van der Waals surface area contributed by atoms with Crippen molar-refractivity contribution in [2.24, 2.45) is 0 Å². The lowest BCUT2D eigenvalue weighted by molar-refractivity contribution is 0.656. The van der Waals surface area contributed by atoms with E-state index in [2.05, 4.69) is 15.1 Å². The third-order valence-electron chi connectivity index (χ3n) is 2.12. The summed E-state index contributed by atoms with van der Waals surface area (Å²) in [6, 6.07) is 0. The van der Waals surface area contributed by atoms with Crippen LogP contribution in [-0.4, -0.2) is 19.7 Å². The Morgan fingerprint density at radius 2 is 1.93 bits per heavy atom. The number of hydrogen-bond acceptors (Lipinski definition) is 4. The van der Waals surface area contributed by atoms with E-state index in [4.69, 9.17) is 5.73 Å². The minimum atomic E-state index is 0.554. The molecule has 0 unspecified atom stereocenters. The SMILES string of the molecule is Cc1cnc(Cn2cc(C)c(N)n2)nc1. The van der Waals surface area contributed by atoms with Crippen LogP contribution in [-0.2, 0) is 6.54 Å². The molecule has 0 saturated carbocycles. The van der Waals surface area contributed by atoms with Gasteiger partial charge in [-0.1, -0.05) is 0 Å². The molecule has 15 heavy (non-hydrogen) atoms. The van der Waals surface area contributed by atoms with Gasteiger partial charge in [0, 0.05) is 24.2 Å². The normalized spacial score (nSPS) is 10.5. The van der Waals surface area contributed by atoms with Gasteiger partial charge in [0.1, 0.15) is 18.2 Å². The molecule has 2 heterocycles. The van der Waals surface area contributed by atoms with Crippen molar-refractivity contribution in [3.05, 3.63) is 35.5 Å². The van der Waals surface area contributed by atoms with Crippen LogP contribution in [0.2, 0.25) is 0 Å². The van der Waals surface area contributed by atoms with Crippen LogP contribution in [0, 0.1) is 13.8 Å². The summed E-state index contributed by atoms with van der Waals surface area (Å²) >= 11 is 0. The summed E-state index contributed by atoms with van der Waals surface area (Å²) in [4.78, 5) is 8.40. The first-order chi connectivity index (χ1) is 7.15. The Bertz CT molecular complexity index is 438. The van der Waals surface area contributed by atoms with Crippen LogP contribution in [0.25, 0.3) is 0 Å². The summed E-state index contributed by atoms with van der Waals surface area (Å²) in [5.74, 6) is 1.30. The van der Waals surface area contributed by atoms with E-state index in [-0.39, 0.29) is 0 Å². The van der Waals surface area contributed by atoms with Crippen LogP contribution in [0.3, 0.4) is 0 Å². The Morgan fingerprint density at radius 3 is 2.47 bits per heavy atom. The topological polar surface area (TPSA) is 69.6 Å². The third kappa shape index (κ3) is 2.12. The molecule has 0 aliphatic rings. The van der Waals surface area contributed by atoms with Crippen molar-refractivity contribution in [2.45, 2.75) is 20.4 Å². The lowest BCUT2D eigenvalue weighted by atomic mass is 10.4. The summed E-state index contributed by atoms with van der Waals surface area (Å²) in [7, 11) is 0. The molecule has 0 atom stereocenters. The molecule has 0 spiro atoms. The van der Waals surface area contributed by atoms with Gasteiger partial charge in [-0.25, -0.2) is 9.97 Å². The van der Waals surface area contributed by atoms with Crippen molar-refractivity contribution in [2.75, 3.05) is 5.73 Å². The van der Waals surface area contributed by atoms with E-state index in [1.165, 1.54) is 0 Å². The molecule has 0 aliphatic carbocycles. The smallest absolute Gasteiger partial charge is 0.149 e. The monoisotopic (exact) mass is 203 g/mol. The van der Waals surface area contributed by atoms with Crippen molar-refractivity contribution in [3.8, 4) is 0 Å². The average molecular weight is 203 g/mol. The van der Waals surface area contributed by atoms with Crippen molar-refractivity contribution in [1.29, 1.82) is 0 Å². The number of hydrogen-bond donors (Lipinski definition) is 1. The van der Waals surface area contributed by atoms with Crippen molar-refractivity contribution in [3.63, 3.8) is 0 Å². The first-order valence-electron chi connectivity index (χ1n) is 4.72. The lowest BCUT2D eigenvalue weighted by Crippen LogP contribution is -2.05. The van der Waals surface area contributed by atoms with E-state index in [0.29, 0.717) is 12.4 Å². The van der Waals surface area contributed by atoms with Gasteiger partial charge in [-0.2, -0.15) is 5.10 Å². The number of aryl methyl sites for hydroxylation is 2. The van der Waals surface area contributed by atoms with E-state index < -0.39 is 0 Å². The van der Waals surface area contributed by atoms with Crippen LogP contribution in [0.5, 0.6) is 0 Å². The Labute approximate surface area is 88.0 Å². The van der Waals surface area contributed by atoms with Gasteiger partial charge in [0.05, 0.1) is 0 Å². The maximum absolute atomic E-state index is 5.65. The highest BCUT2D eigenvalue weighted by Gasteiger charge is 2.02. The van der Waals surface area contributed by atoms with Crippen LogP contribution in [0.1, 0.15) is 17.0 Å². The quantitative estimate of drug-likeness (QED) is 0.788. The highest BCUT2D eigenvalue weighted by atomic mass is 15.3. The number of nitrogens with zero attached hydrogens (tertiary/aromatic N) is 4. The molecule has 0 saturated heterocycles. The molecule has 5 nitrogen and oxygen atoms in total. The average Bonchev–Trinajstić information content (AvgIpc) is 2.50. The highest BCUT2D eigenvalue weighted by molar-refractivity contribution is 5.35. The van der Waals surface area contributed by atoms with E-state index in [0.717, 1.165) is 17.0 Å². The molecule has 0 amide bonds. The minimum Gasteiger partial charge on any atom is -0.382 e. The summed E-state index contributed by atoms with van der Waals surface area (Å²) < 4.78 is 1.75. The van der Waals surface area contributed by atoms with Gasteiger partial charge in [0.25, 0.3) is 0 Å². The first-order valence-corrected chi connectivity index (χ1v) is 4.72. The van der Waals surface area contributed by atoms with E-state index in [1.807, 2.05) is 20.0 Å². The van der Waals surface area contributed by atoms with E-state index in [1.54, 1.807) is 17.1 Å². The van der Waals surface area contributed by atoms with Crippen LogP contribution in [0.15, 0.2) is 18.6 Å². The minimum absolute atomic E-state index is 0.554. The Morgan fingerprint density at radius 1 is 1.27 bits per heavy atom. The number of rotatable bonds is 2. The van der Waals surface area contributed by atoms with Crippen LogP contribution < -0.4 is 5.73 Å². The predicted molar refractivity (Wildman–Crippen MR) is 57.2 cm³/mol. The van der Waals surface area contributed by atoms with Gasteiger partial charge in [-0.3, -0.25) is 4.68 Å². The molecule has 2 N–H and O–H groups in total. The maximum Gasteiger partial charge on any atom is 0.149 e. The van der Waals surface area contributed by atoms with Gasteiger partial charge in [-0.05, 0) is 19.4 Å². The number of aromatic nitrogens is 4. The fraction of sp³-hybridized carbons (Fsp3) is 0.300. The zero-order chi connectivity index (χ0) is 10.8. The van der Waals surface area contributed by atoms with Gasteiger partial charge in [0.15, 0.2) is 0 Å². The lowest BCUT2D eigenvalue weighted by Gasteiger charge is -1.99. The first kappa shape index (κ1) is 9.64. The Balaban J connectivity index is 2.18. The molecule has 0 radical (unpaired) electrons. The molecule has 0 bridgehead atoms. The van der Waals surface area contributed by atoms with Gasteiger partial charge in [0.2, 0.25) is 0 Å². The van der Waals surface area contributed by atoms with Crippen LogP contribution in [0.4, 0.5) is 5.82 Å². The number of anilines is 1. The largest absolute Gasteiger partial charge is 0.382 e. The second-order valence-corrected chi connectivity index (χ2v) is 3.57. The maximum atomic E-state index is 5.65. The highest BCUT2D eigenvalue weighted by Crippen LogP contribution is 2.07. The van der Waals surface area contributed by atoms with E-state index >= 15 is 0 Å². The van der Waals surface area contributed by atoms with Gasteiger partial charge >= 0.3 is 0 Å². The molecule has 78 valence electrons. The van der Waals surface area contributed by atoms with Gasteiger partial charge in [-0.15, -0.1) is 0 Å². The van der Waals surface area contributed by atoms with Crippen molar-refractivity contribution < 1.29 is 0 Å². The summed E-state index contributed by atoms with van der Waals surface area (Å²) in [5.41, 5.74) is 7.67. The van der Waals surface area contributed by atoms with Crippen molar-refractivity contribution in [1.82, 2.24) is 19.7 Å². The molecule has 0 aliphatic heterocycles. The van der Waals surface area contributed by atoms with Gasteiger partial charge < -0.3 is 5.73 Å². The Hall–Kier alpha value is -1.91. The molecule has 2 aromatic rings. The third-order valence-corrected chi connectivity index (χ3v) is 2.12. The molecule has 0 fully saturated rings. The predicted octanol–water partition coefficient (Wildman–Crippen LogP) is 0.920. The van der Waals surface area contributed by atoms with E-state index in [9.17, 15) is 0 Å². The fourth-order valence-electron chi connectivity index (χ4n) is 1.26. The summed E-state index contributed by atoms with van der Waals surface area (Å²) in [5, 5.41) is 4.14. The van der Waals surface area contributed by atoms with Crippen molar-refractivity contribution >= 4 is 5.82 Å². The summed E-state index contributed by atoms with van der Waals surface area (Å²) in [6.45, 7) is 4.44. The molecular weight excluding hydrogens is 190 g/mol. The standard InChI is InChI=1S/C10H13N5/c1-7-3-12-9(13-4-7)6-15-5-8(2)10(11)14-15/h3-5H,6H2,1-2H3,(H2,11,14). The Kier molecular flexibility index (Phi) is 2.37. The molecule has 0 aromatic carbocycles. The van der Waals surface area contributed by atoms with Crippen LogP contribution >= 0.6 is 0 Å². The molecule has 5 heteroatoms. The number of nitrogen functional groups attached to an aromatic ring is 1. The summed E-state index contributed by atoms with van der Waals surface area (Å²) in [6.07, 6.45) is 5.47. The fourth-order valence-corrected chi connectivity index (χ4v) is 1.26. The molecular formula is C10H13N5. The second-order valence-electron chi connectivity index (χ2n) is 3.57. The second kappa shape index (κ2) is 3.68. The molecule has 2 aromatic heterocycles. The zero-order valence-corrected chi connectivity index (χ0v) is 8.81.